The van der Waals surface area contributed by atoms with Crippen molar-refractivity contribution in [3.63, 3.8) is 0 Å². The van der Waals surface area contributed by atoms with Gasteiger partial charge in [-0.15, -0.1) is 0 Å². The first-order chi connectivity index (χ1) is 10.6. The second-order valence-electron chi connectivity index (χ2n) is 5.10. The Kier molecular flexibility index (Phi) is 5.54. The van der Waals surface area contributed by atoms with Gasteiger partial charge in [-0.3, -0.25) is 0 Å². The number of rotatable bonds is 5. The molecule has 0 spiro atoms. The van der Waals surface area contributed by atoms with E-state index in [-0.39, 0.29) is 25.0 Å². The fourth-order valence-electron chi connectivity index (χ4n) is 2.65. The summed E-state index contributed by atoms with van der Waals surface area (Å²) < 4.78 is 33.0. The van der Waals surface area contributed by atoms with Crippen molar-refractivity contribution in [2.24, 2.45) is 0 Å². The molecule has 7 heteroatoms. The number of hydrogen-bond donors (Lipinski definition) is 2. The highest BCUT2D eigenvalue weighted by atomic mass is 19.1. The van der Waals surface area contributed by atoms with E-state index in [4.69, 9.17) is 9.84 Å². The maximum atomic E-state index is 14.2. The number of likely N-dealkylation sites (tertiary alicyclic amines) is 1. The van der Waals surface area contributed by atoms with Gasteiger partial charge in [0, 0.05) is 19.2 Å². The highest BCUT2D eigenvalue weighted by Crippen LogP contribution is 2.29. The summed E-state index contributed by atoms with van der Waals surface area (Å²) in [5.74, 6) is -1.88. The molecule has 1 saturated heterocycles. The normalized spacial score (nSPS) is 17.6. The molecule has 22 heavy (non-hydrogen) atoms. The van der Waals surface area contributed by atoms with Crippen molar-refractivity contribution in [2.45, 2.75) is 32.2 Å². The monoisotopic (exact) mass is 314 g/mol. The Bertz CT molecular complexity index is 540. The van der Waals surface area contributed by atoms with E-state index >= 15 is 0 Å². The number of hydrogen-bond acceptors (Lipinski definition) is 3. The number of carbonyl (C=O) groups is 1. The van der Waals surface area contributed by atoms with Gasteiger partial charge in [0.15, 0.2) is 11.6 Å². The van der Waals surface area contributed by atoms with E-state index in [1.807, 2.05) is 0 Å². The maximum Gasteiger partial charge on any atom is 0.322 e. The molecule has 1 aromatic rings. The summed E-state index contributed by atoms with van der Waals surface area (Å²) in [6.07, 6.45) is 2.04. The number of nitrogens with one attached hydrogen (secondary N) is 1. The van der Waals surface area contributed by atoms with Gasteiger partial charge < -0.3 is 20.1 Å². The van der Waals surface area contributed by atoms with Crippen molar-refractivity contribution >= 4 is 11.7 Å². The Balaban J connectivity index is 2.16. The number of halogens is 2. The molecule has 1 aliphatic rings. The Morgan fingerprint density at radius 1 is 1.50 bits per heavy atom. The summed E-state index contributed by atoms with van der Waals surface area (Å²) in [7, 11) is 0. The standard InChI is InChI=1S/C15H20F2N2O3/c1-2-22-12-6-5-11(16)14(13(12)17)18-15(21)19-8-3-4-10(19)7-9-20/h5-6,10,20H,2-4,7-9H2,1H3,(H,18,21). The summed E-state index contributed by atoms with van der Waals surface area (Å²) in [4.78, 5) is 13.7. The number of ether oxygens (including phenoxy) is 1. The van der Waals surface area contributed by atoms with Gasteiger partial charge in [-0.2, -0.15) is 0 Å². The first kappa shape index (κ1) is 16.5. The molecule has 0 bridgehead atoms. The van der Waals surface area contributed by atoms with Gasteiger partial charge in [-0.1, -0.05) is 0 Å². The van der Waals surface area contributed by atoms with Crippen LogP contribution in [-0.4, -0.2) is 41.8 Å². The molecular weight excluding hydrogens is 294 g/mol. The van der Waals surface area contributed by atoms with E-state index in [1.54, 1.807) is 6.92 Å². The number of nitrogens with zero attached hydrogens (tertiary/aromatic N) is 1. The van der Waals surface area contributed by atoms with Gasteiger partial charge in [0.1, 0.15) is 11.5 Å². The van der Waals surface area contributed by atoms with Crippen LogP contribution < -0.4 is 10.1 Å². The van der Waals surface area contributed by atoms with Crippen LogP contribution in [-0.2, 0) is 0 Å². The van der Waals surface area contributed by atoms with Crippen molar-refractivity contribution in [3.05, 3.63) is 23.8 Å². The molecule has 122 valence electrons. The summed E-state index contributed by atoms with van der Waals surface area (Å²) in [6.45, 7) is 2.40. The van der Waals surface area contributed by atoms with Crippen molar-refractivity contribution in [3.8, 4) is 5.75 Å². The third-order valence-corrected chi connectivity index (χ3v) is 3.69. The average Bonchev–Trinajstić information content (AvgIpc) is 2.95. The molecule has 5 nitrogen and oxygen atoms in total. The number of anilines is 1. The Morgan fingerprint density at radius 3 is 2.95 bits per heavy atom. The lowest BCUT2D eigenvalue weighted by Crippen LogP contribution is -2.39. The predicted molar refractivity (Wildman–Crippen MR) is 78.0 cm³/mol. The summed E-state index contributed by atoms with van der Waals surface area (Å²) in [6, 6.07) is 1.57. The third-order valence-electron chi connectivity index (χ3n) is 3.69. The van der Waals surface area contributed by atoms with E-state index in [0.717, 1.165) is 18.9 Å². The molecule has 1 aromatic carbocycles. The molecule has 1 unspecified atom stereocenters. The fourth-order valence-corrected chi connectivity index (χ4v) is 2.65. The molecule has 2 amide bonds. The molecule has 0 radical (unpaired) electrons. The van der Waals surface area contributed by atoms with E-state index in [9.17, 15) is 13.6 Å². The number of aliphatic hydroxyl groups excluding tert-OH is 1. The lowest BCUT2D eigenvalue weighted by molar-refractivity contribution is 0.189. The lowest BCUT2D eigenvalue weighted by Gasteiger charge is -2.24. The van der Waals surface area contributed by atoms with Crippen LogP contribution in [0.3, 0.4) is 0 Å². The lowest BCUT2D eigenvalue weighted by atomic mass is 10.1. The highest BCUT2D eigenvalue weighted by molar-refractivity contribution is 5.90. The van der Waals surface area contributed by atoms with Crippen molar-refractivity contribution in [1.82, 2.24) is 4.90 Å². The van der Waals surface area contributed by atoms with Crippen LogP contribution in [0.15, 0.2) is 12.1 Å². The molecule has 2 rings (SSSR count). The van der Waals surface area contributed by atoms with E-state index in [1.165, 1.54) is 11.0 Å². The summed E-state index contributed by atoms with van der Waals surface area (Å²) in [5, 5.41) is 11.3. The second kappa shape index (κ2) is 7.40. The van der Waals surface area contributed by atoms with Gasteiger partial charge in [0.05, 0.1) is 6.61 Å². The van der Waals surface area contributed by atoms with E-state index < -0.39 is 23.4 Å². The number of amides is 2. The zero-order chi connectivity index (χ0) is 16.1. The third kappa shape index (κ3) is 3.47. The Labute approximate surface area is 127 Å². The van der Waals surface area contributed by atoms with Gasteiger partial charge in [-0.25, -0.2) is 13.6 Å². The van der Waals surface area contributed by atoms with E-state index in [0.29, 0.717) is 13.0 Å². The maximum absolute atomic E-state index is 14.2. The molecule has 1 atom stereocenters. The average molecular weight is 314 g/mol. The molecular formula is C15H20F2N2O3. The van der Waals surface area contributed by atoms with Crippen LogP contribution >= 0.6 is 0 Å². The van der Waals surface area contributed by atoms with Gasteiger partial charge in [-0.05, 0) is 38.3 Å². The van der Waals surface area contributed by atoms with Crippen LogP contribution in [0.4, 0.5) is 19.3 Å². The van der Waals surface area contributed by atoms with Crippen molar-refractivity contribution < 1.29 is 23.4 Å². The number of benzene rings is 1. The largest absolute Gasteiger partial charge is 0.491 e. The minimum absolute atomic E-state index is 0.0308. The van der Waals surface area contributed by atoms with Crippen LogP contribution in [0.2, 0.25) is 0 Å². The molecule has 1 fully saturated rings. The fraction of sp³-hybridized carbons (Fsp3) is 0.533. The summed E-state index contributed by atoms with van der Waals surface area (Å²) in [5.41, 5.74) is -0.509. The zero-order valence-corrected chi connectivity index (χ0v) is 12.4. The molecule has 2 N–H and O–H groups in total. The highest BCUT2D eigenvalue weighted by Gasteiger charge is 2.29. The molecule has 0 saturated carbocycles. The smallest absolute Gasteiger partial charge is 0.322 e. The van der Waals surface area contributed by atoms with Crippen LogP contribution in [0, 0.1) is 11.6 Å². The molecule has 1 aliphatic heterocycles. The van der Waals surface area contributed by atoms with Crippen molar-refractivity contribution in [2.75, 3.05) is 25.1 Å². The Morgan fingerprint density at radius 2 is 2.27 bits per heavy atom. The minimum Gasteiger partial charge on any atom is -0.491 e. The Hall–Kier alpha value is -1.89. The summed E-state index contributed by atoms with van der Waals surface area (Å²) >= 11 is 0. The molecule has 1 heterocycles. The second-order valence-corrected chi connectivity index (χ2v) is 5.10. The van der Waals surface area contributed by atoms with Crippen LogP contribution in [0.1, 0.15) is 26.2 Å². The van der Waals surface area contributed by atoms with Crippen LogP contribution in [0.5, 0.6) is 5.75 Å². The quantitative estimate of drug-likeness (QED) is 0.878. The van der Waals surface area contributed by atoms with Gasteiger partial charge in [0.2, 0.25) is 0 Å². The number of urea groups is 1. The number of aliphatic hydroxyl groups is 1. The first-order valence-corrected chi connectivity index (χ1v) is 7.37. The predicted octanol–water partition coefficient (Wildman–Crippen LogP) is 2.74. The topological polar surface area (TPSA) is 61.8 Å². The zero-order valence-electron chi connectivity index (χ0n) is 12.4. The first-order valence-electron chi connectivity index (χ1n) is 7.37. The van der Waals surface area contributed by atoms with E-state index in [2.05, 4.69) is 5.32 Å². The van der Waals surface area contributed by atoms with Crippen molar-refractivity contribution in [1.29, 1.82) is 0 Å². The van der Waals surface area contributed by atoms with Gasteiger partial charge in [0.25, 0.3) is 0 Å². The molecule has 0 aromatic heterocycles. The minimum atomic E-state index is -0.923. The van der Waals surface area contributed by atoms with Gasteiger partial charge >= 0.3 is 6.03 Å². The molecule has 0 aliphatic carbocycles. The van der Waals surface area contributed by atoms with Crippen LogP contribution in [0.25, 0.3) is 0 Å². The number of carbonyl (C=O) groups excluding carboxylic acids is 1. The SMILES string of the molecule is CCOc1ccc(F)c(NC(=O)N2CCCC2CCO)c1F.